The molecule has 2 N–H and O–H groups in total. The van der Waals surface area contributed by atoms with Crippen molar-refractivity contribution in [3.8, 4) is 0 Å². The van der Waals surface area contributed by atoms with Gasteiger partial charge in [0.1, 0.15) is 0 Å². The lowest BCUT2D eigenvalue weighted by atomic mass is 10.2. The number of amides is 1. The Labute approximate surface area is 112 Å². The van der Waals surface area contributed by atoms with E-state index in [9.17, 15) is 4.79 Å². The maximum atomic E-state index is 11.9. The van der Waals surface area contributed by atoms with Gasteiger partial charge < -0.3 is 10.2 Å². The van der Waals surface area contributed by atoms with Gasteiger partial charge in [-0.2, -0.15) is 5.10 Å². The molecule has 0 aliphatic carbocycles. The van der Waals surface area contributed by atoms with Crippen molar-refractivity contribution in [3.63, 3.8) is 0 Å². The highest BCUT2D eigenvalue weighted by molar-refractivity contribution is 5.94. The van der Waals surface area contributed by atoms with Crippen molar-refractivity contribution in [3.05, 3.63) is 47.3 Å². The molecule has 5 heteroatoms. The van der Waals surface area contributed by atoms with E-state index in [0.29, 0.717) is 12.1 Å². The van der Waals surface area contributed by atoms with Crippen LogP contribution in [0.2, 0.25) is 0 Å². The molecule has 1 aromatic carbocycles. The predicted molar refractivity (Wildman–Crippen MR) is 75.3 cm³/mol. The number of aromatic amines is 1. The van der Waals surface area contributed by atoms with Gasteiger partial charge in [-0.15, -0.1) is 0 Å². The van der Waals surface area contributed by atoms with Gasteiger partial charge in [0, 0.05) is 32.0 Å². The lowest BCUT2D eigenvalue weighted by molar-refractivity contribution is 0.0950. The average Bonchev–Trinajstić information content (AvgIpc) is 2.83. The molecule has 0 saturated carbocycles. The number of benzene rings is 1. The largest absolute Gasteiger partial charge is 0.378 e. The molecule has 2 rings (SSSR count). The number of rotatable bonds is 4. The molecule has 0 bridgehead atoms. The third-order valence-electron chi connectivity index (χ3n) is 2.98. The van der Waals surface area contributed by atoms with Crippen LogP contribution < -0.4 is 10.2 Å². The van der Waals surface area contributed by atoms with Crippen LogP contribution in [0, 0.1) is 6.92 Å². The molecule has 0 saturated heterocycles. The van der Waals surface area contributed by atoms with Crippen molar-refractivity contribution < 1.29 is 4.79 Å². The van der Waals surface area contributed by atoms with Crippen LogP contribution in [-0.4, -0.2) is 30.2 Å². The topological polar surface area (TPSA) is 61.0 Å². The van der Waals surface area contributed by atoms with Crippen molar-refractivity contribution in [2.24, 2.45) is 0 Å². The Bertz CT molecular complexity index is 557. The third-order valence-corrected chi connectivity index (χ3v) is 2.98. The van der Waals surface area contributed by atoms with Crippen LogP contribution in [0.4, 0.5) is 5.69 Å². The minimum absolute atomic E-state index is 0.108. The third kappa shape index (κ3) is 3.13. The van der Waals surface area contributed by atoms with Crippen LogP contribution in [0.5, 0.6) is 0 Å². The summed E-state index contributed by atoms with van der Waals surface area (Å²) in [6.07, 6.45) is 1.54. The zero-order valence-corrected chi connectivity index (χ0v) is 11.4. The highest BCUT2D eigenvalue weighted by Crippen LogP contribution is 2.12. The number of nitrogens with one attached hydrogen (secondary N) is 2. The lowest BCUT2D eigenvalue weighted by Gasteiger charge is -2.12. The molecule has 5 nitrogen and oxygen atoms in total. The summed E-state index contributed by atoms with van der Waals surface area (Å²) in [6, 6.07) is 8.09. The molecule has 0 fully saturated rings. The molecule has 0 atom stereocenters. The second kappa shape index (κ2) is 5.56. The predicted octanol–water partition coefficient (Wildman–Crippen LogP) is 1.71. The molecule has 0 unspecified atom stereocenters. The first kappa shape index (κ1) is 13.1. The van der Waals surface area contributed by atoms with Gasteiger partial charge in [0.25, 0.3) is 5.91 Å². The highest BCUT2D eigenvalue weighted by Gasteiger charge is 2.09. The summed E-state index contributed by atoms with van der Waals surface area (Å²) in [5.41, 5.74) is 3.58. The molecule has 0 aliphatic heterocycles. The van der Waals surface area contributed by atoms with Crippen LogP contribution in [0.1, 0.15) is 21.6 Å². The highest BCUT2D eigenvalue weighted by atomic mass is 16.1. The number of nitrogens with zero attached hydrogens (tertiary/aromatic N) is 2. The normalized spacial score (nSPS) is 10.3. The van der Waals surface area contributed by atoms with Crippen molar-refractivity contribution in [2.45, 2.75) is 13.5 Å². The summed E-state index contributed by atoms with van der Waals surface area (Å²) in [5.74, 6) is -0.108. The molecule has 1 amide bonds. The van der Waals surface area contributed by atoms with E-state index in [1.54, 1.807) is 6.20 Å². The zero-order chi connectivity index (χ0) is 13.8. The van der Waals surface area contributed by atoms with Crippen LogP contribution in [-0.2, 0) is 6.54 Å². The summed E-state index contributed by atoms with van der Waals surface area (Å²) in [4.78, 5) is 13.9. The number of carbonyl (C=O) groups is 1. The molecule has 1 aromatic heterocycles. The van der Waals surface area contributed by atoms with Crippen LogP contribution in [0.15, 0.2) is 30.5 Å². The van der Waals surface area contributed by atoms with E-state index >= 15 is 0 Å². The van der Waals surface area contributed by atoms with Gasteiger partial charge in [-0.1, -0.05) is 12.1 Å². The molecule has 0 spiro atoms. The monoisotopic (exact) mass is 258 g/mol. The minimum atomic E-state index is -0.108. The molecule has 100 valence electrons. The van der Waals surface area contributed by atoms with E-state index in [1.807, 2.05) is 50.2 Å². The zero-order valence-electron chi connectivity index (χ0n) is 11.4. The molecular formula is C14H18N4O. The molecule has 2 aromatic rings. The molecule has 0 aliphatic rings. The van der Waals surface area contributed by atoms with Gasteiger partial charge in [-0.3, -0.25) is 9.89 Å². The van der Waals surface area contributed by atoms with E-state index in [4.69, 9.17) is 0 Å². The second-order valence-corrected chi connectivity index (χ2v) is 4.65. The maximum Gasteiger partial charge on any atom is 0.255 e. The Morgan fingerprint density at radius 1 is 1.32 bits per heavy atom. The summed E-state index contributed by atoms with van der Waals surface area (Å²) in [5, 5.41) is 9.47. The fraction of sp³-hybridized carbons (Fsp3) is 0.286. The standard InChI is InChI=1S/C14H18N4O/c1-10-13(9-16-17-10)14(19)15-8-11-4-6-12(7-5-11)18(2)3/h4-7,9H,8H2,1-3H3,(H,15,19)(H,16,17). The summed E-state index contributed by atoms with van der Waals surface area (Å²) >= 11 is 0. The Kier molecular flexibility index (Phi) is 3.85. The van der Waals surface area contributed by atoms with Crippen molar-refractivity contribution in [2.75, 3.05) is 19.0 Å². The number of hydrogen-bond donors (Lipinski definition) is 2. The van der Waals surface area contributed by atoms with E-state index in [-0.39, 0.29) is 5.91 Å². The van der Waals surface area contributed by atoms with Gasteiger partial charge >= 0.3 is 0 Å². The number of carbonyl (C=O) groups excluding carboxylic acids is 1. The fourth-order valence-corrected chi connectivity index (χ4v) is 1.77. The minimum Gasteiger partial charge on any atom is -0.378 e. The first-order valence-electron chi connectivity index (χ1n) is 6.12. The van der Waals surface area contributed by atoms with Gasteiger partial charge in [0.2, 0.25) is 0 Å². The summed E-state index contributed by atoms with van der Waals surface area (Å²) in [7, 11) is 4.00. The quantitative estimate of drug-likeness (QED) is 0.877. The second-order valence-electron chi connectivity index (χ2n) is 4.65. The van der Waals surface area contributed by atoms with Gasteiger partial charge in [-0.25, -0.2) is 0 Å². The maximum absolute atomic E-state index is 11.9. The van der Waals surface area contributed by atoms with Crippen LogP contribution >= 0.6 is 0 Å². The molecular weight excluding hydrogens is 240 g/mol. The van der Waals surface area contributed by atoms with Crippen molar-refractivity contribution >= 4 is 11.6 Å². The smallest absolute Gasteiger partial charge is 0.255 e. The van der Waals surface area contributed by atoms with Crippen LogP contribution in [0.3, 0.4) is 0 Å². The Morgan fingerprint density at radius 3 is 2.53 bits per heavy atom. The number of anilines is 1. The number of aromatic nitrogens is 2. The van der Waals surface area contributed by atoms with E-state index < -0.39 is 0 Å². The summed E-state index contributed by atoms with van der Waals surface area (Å²) in [6.45, 7) is 2.34. The number of H-pyrrole nitrogens is 1. The number of aryl methyl sites for hydroxylation is 1. The van der Waals surface area contributed by atoms with Crippen molar-refractivity contribution in [1.82, 2.24) is 15.5 Å². The average molecular weight is 258 g/mol. The van der Waals surface area contributed by atoms with Crippen molar-refractivity contribution in [1.29, 1.82) is 0 Å². The molecule has 19 heavy (non-hydrogen) atoms. The first-order chi connectivity index (χ1) is 9.08. The SMILES string of the molecule is Cc1[nH]ncc1C(=O)NCc1ccc(N(C)C)cc1. The Balaban J connectivity index is 1.95. The van der Waals surface area contributed by atoms with Gasteiger partial charge in [-0.05, 0) is 24.6 Å². The van der Waals surface area contributed by atoms with E-state index in [0.717, 1.165) is 16.9 Å². The van der Waals surface area contributed by atoms with E-state index in [1.165, 1.54) is 0 Å². The van der Waals surface area contributed by atoms with Crippen LogP contribution in [0.25, 0.3) is 0 Å². The number of hydrogen-bond acceptors (Lipinski definition) is 3. The first-order valence-corrected chi connectivity index (χ1v) is 6.12. The Hall–Kier alpha value is -2.30. The van der Waals surface area contributed by atoms with Gasteiger partial charge in [0.05, 0.1) is 11.8 Å². The molecule has 0 radical (unpaired) electrons. The fourth-order valence-electron chi connectivity index (χ4n) is 1.77. The Morgan fingerprint density at radius 2 is 2.00 bits per heavy atom. The summed E-state index contributed by atoms with van der Waals surface area (Å²) < 4.78 is 0. The molecule has 1 heterocycles. The van der Waals surface area contributed by atoms with Gasteiger partial charge in [0.15, 0.2) is 0 Å². The van der Waals surface area contributed by atoms with E-state index in [2.05, 4.69) is 15.5 Å². The lowest BCUT2D eigenvalue weighted by Crippen LogP contribution is -2.23.